The number of hydrogen-bond donors (Lipinski definition) is 1. The summed E-state index contributed by atoms with van der Waals surface area (Å²) in [4.78, 5) is 11.5. The van der Waals surface area contributed by atoms with Gasteiger partial charge in [0.25, 0.3) is 0 Å². The van der Waals surface area contributed by atoms with E-state index in [-0.39, 0.29) is 12.0 Å². The molecule has 0 saturated carbocycles. The van der Waals surface area contributed by atoms with Gasteiger partial charge < -0.3 is 10.1 Å². The number of ether oxygens (including phenoxy) is 1. The van der Waals surface area contributed by atoms with Crippen molar-refractivity contribution < 1.29 is 18.3 Å². The lowest BCUT2D eigenvalue weighted by atomic mass is 9.87. The molecule has 1 rings (SSSR count). The molecule has 19 heavy (non-hydrogen) atoms. The van der Waals surface area contributed by atoms with Gasteiger partial charge in [-0.2, -0.15) is 0 Å². The normalized spacial score (nSPS) is 13.9. The smallest absolute Gasteiger partial charge is 0.307 e. The van der Waals surface area contributed by atoms with Crippen LogP contribution in [0.2, 0.25) is 0 Å². The molecule has 106 valence electrons. The van der Waals surface area contributed by atoms with Crippen LogP contribution in [-0.2, 0) is 15.1 Å². The minimum atomic E-state index is -0.991. The van der Waals surface area contributed by atoms with Crippen molar-refractivity contribution in [2.75, 3.05) is 13.7 Å². The fourth-order valence-electron chi connectivity index (χ4n) is 1.94. The molecule has 1 N–H and O–H groups in total. The summed E-state index contributed by atoms with van der Waals surface area (Å²) in [6.45, 7) is 4.20. The molecule has 0 amide bonds. The number of carbonyl (C=O) groups is 1. The van der Waals surface area contributed by atoms with E-state index in [9.17, 15) is 13.6 Å². The first-order valence-electron chi connectivity index (χ1n) is 6.20. The Bertz CT molecular complexity index is 451. The van der Waals surface area contributed by atoms with Crippen molar-refractivity contribution in [3.8, 4) is 0 Å². The highest BCUT2D eigenvalue weighted by atomic mass is 19.1. The summed E-state index contributed by atoms with van der Waals surface area (Å²) in [6.07, 6.45) is 0.748. The zero-order valence-corrected chi connectivity index (χ0v) is 11.4. The lowest BCUT2D eigenvalue weighted by Gasteiger charge is -2.31. The largest absolute Gasteiger partial charge is 0.469 e. The fraction of sp³-hybridized carbons (Fsp3) is 0.500. The summed E-state index contributed by atoms with van der Waals surface area (Å²) in [5, 5.41) is 3.09. The van der Waals surface area contributed by atoms with E-state index in [2.05, 4.69) is 10.1 Å². The summed E-state index contributed by atoms with van der Waals surface area (Å²) in [5.41, 5.74) is -0.860. The summed E-state index contributed by atoms with van der Waals surface area (Å²) >= 11 is 0. The maximum Gasteiger partial charge on any atom is 0.307 e. The first-order chi connectivity index (χ1) is 8.92. The van der Waals surface area contributed by atoms with Gasteiger partial charge in [0.05, 0.1) is 19.1 Å². The van der Waals surface area contributed by atoms with E-state index >= 15 is 0 Å². The molecule has 1 aromatic rings. The number of hydrogen-bond acceptors (Lipinski definition) is 3. The number of benzene rings is 1. The van der Waals surface area contributed by atoms with E-state index in [1.165, 1.54) is 7.11 Å². The third-order valence-electron chi connectivity index (χ3n) is 3.01. The third kappa shape index (κ3) is 3.99. The first-order valence-corrected chi connectivity index (χ1v) is 6.20. The Morgan fingerprint density at radius 1 is 1.42 bits per heavy atom. The van der Waals surface area contributed by atoms with Crippen LogP contribution in [0.1, 0.15) is 32.3 Å². The molecule has 0 spiro atoms. The number of halogens is 2. The molecule has 1 atom stereocenters. The predicted octanol–water partition coefficient (Wildman–Crippen LogP) is 2.74. The van der Waals surface area contributed by atoms with E-state index in [0.29, 0.717) is 6.54 Å². The topological polar surface area (TPSA) is 38.3 Å². The number of rotatable bonds is 6. The van der Waals surface area contributed by atoms with Gasteiger partial charge in [-0.3, -0.25) is 4.79 Å². The fourth-order valence-corrected chi connectivity index (χ4v) is 1.94. The third-order valence-corrected chi connectivity index (χ3v) is 3.01. The Morgan fingerprint density at radius 2 is 2.11 bits per heavy atom. The minimum Gasteiger partial charge on any atom is -0.469 e. The van der Waals surface area contributed by atoms with Crippen LogP contribution in [0.25, 0.3) is 0 Å². The monoisotopic (exact) mass is 271 g/mol. The van der Waals surface area contributed by atoms with Crippen molar-refractivity contribution in [2.45, 2.75) is 32.2 Å². The van der Waals surface area contributed by atoms with Gasteiger partial charge in [0.2, 0.25) is 0 Å². The molecule has 5 heteroatoms. The van der Waals surface area contributed by atoms with E-state index in [0.717, 1.165) is 24.6 Å². The second kappa shape index (κ2) is 6.61. The van der Waals surface area contributed by atoms with Gasteiger partial charge in [0, 0.05) is 5.56 Å². The molecule has 0 bridgehead atoms. The van der Waals surface area contributed by atoms with Crippen molar-refractivity contribution in [2.24, 2.45) is 0 Å². The van der Waals surface area contributed by atoms with E-state index in [1.807, 2.05) is 6.92 Å². The zero-order valence-electron chi connectivity index (χ0n) is 11.4. The molecule has 0 radical (unpaired) electrons. The van der Waals surface area contributed by atoms with Crippen LogP contribution in [-0.4, -0.2) is 19.6 Å². The van der Waals surface area contributed by atoms with E-state index in [1.54, 1.807) is 6.92 Å². The van der Waals surface area contributed by atoms with Crippen molar-refractivity contribution in [1.29, 1.82) is 0 Å². The van der Waals surface area contributed by atoms with Gasteiger partial charge >= 0.3 is 5.97 Å². The second-order valence-corrected chi connectivity index (χ2v) is 4.64. The van der Waals surface area contributed by atoms with Crippen molar-refractivity contribution in [3.63, 3.8) is 0 Å². The lowest BCUT2D eigenvalue weighted by Crippen LogP contribution is -2.43. The highest BCUT2D eigenvalue weighted by Crippen LogP contribution is 2.28. The highest BCUT2D eigenvalue weighted by Gasteiger charge is 2.32. The maximum atomic E-state index is 13.9. The van der Waals surface area contributed by atoms with Crippen LogP contribution in [0.5, 0.6) is 0 Å². The summed E-state index contributed by atoms with van der Waals surface area (Å²) in [7, 11) is 1.27. The maximum absolute atomic E-state index is 13.9. The number of nitrogens with one attached hydrogen (secondary N) is 1. The van der Waals surface area contributed by atoms with Gasteiger partial charge in [-0.15, -0.1) is 0 Å². The number of methoxy groups -OCH3 is 1. The van der Waals surface area contributed by atoms with Crippen LogP contribution in [0, 0.1) is 11.6 Å². The first kappa shape index (κ1) is 15.6. The summed E-state index contributed by atoms with van der Waals surface area (Å²) in [5.74, 6) is -1.56. The average Bonchev–Trinajstić information content (AvgIpc) is 2.39. The molecule has 1 aromatic carbocycles. The van der Waals surface area contributed by atoms with Crippen LogP contribution >= 0.6 is 0 Å². The quantitative estimate of drug-likeness (QED) is 0.808. The predicted molar refractivity (Wildman–Crippen MR) is 68.6 cm³/mol. The van der Waals surface area contributed by atoms with Crippen molar-refractivity contribution in [3.05, 3.63) is 35.4 Å². The molecular weight excluding hydrogens is 252 g/mol. The van der Waals surface area contributed by atoms with Crippen LogP contribution in [0.3, 0.4) is 0 Å². The summed E-state index contributed by atoms with van der Waals surface area (Å²) in [6, 6.07) is 3.23. The molecule has 0 aromatic heterocycles. The van der Waals surface area contributed by atoms with Gasteiger partial charge in [0.15, 0.2) is 0 Å². The molecule has 0 aliphatic rings. The van der Waals surface area contributed by atoms with Gasteiger partial charge in [-0.05, 0) is 38.1 Å². The molecule has 0 heterocycles. The van der Waals surface area contributed by atoms with E-state index < -0.39 is 23.1 Å². The molecule has 3 nitrogen and oxygen atoms in total. The Hall–Kier alpha value is -1.49. The Kier molecular flexibility index (Phi) is 5.42. The number of esters is 1. The van der Waals surface area contributed by atoms with Crippen molar-refractivity contribution in [1.82, 2.24) is 5.32 Å². The Morgan fingerprint density at radius 3 is 2.68 bits per heavy atom. The van der Waals surface area contributed by atoms with Crippen molar-refractivity contribution >= 4 is 5.97 Å². The molecule has 0 saturated heterocycles. The van der Waals surface area contributed by atoms with Crippen LogP contribution in [0.4, 0.5) is 8.78 Å². The van der Waals surface area contributed by atoms with Gasteiger partial charge in [0.1, 0.15) is 11.6 Å². The lowest BCUT2D eigenvalue weighted by molar-refractivity contribution is -0.142. The Labute approximate surface area is 112 Å². The van der Waals surface area contributed by atoms with Crippen LogP contribution in [0.15, 0.2) is 18.2 Å². The zero-order chi connectivity index (χ0) is 14.5. The average molecular weight is 271 g/mol. The summed E-state index contributed by atoms with van der Waals surface area (Å²) < 4.78 is 31.8. The highest BCUT2D eigenvalue weighted by molar-refractivity contribution is 5.71. The van der Waals surface area contributed by atoms with Gasteiger partial charge in [-0.25, -0.2) is 8.78 Å². The SMILES string of the molecule is CCCNC(C)(CC(=O)OC)c1cc(F)ccc1F. The molecule has 0 aliphatic carbocycles. The molecule has 1 unspecified atom stereocenters. The Balaban J connectivity index is 3.13. The van der Waals surface area contributed by atoms with Crippen LogP contribution < -0.4 is 5.32 Å². The van der Waals surface area contributed by atoms with E-state index in [4.69, 9.17) is 0 Å². The molecule has 0 aliphatic heterocycles. The molecular formula is C14H19F2NO2. The standard InChI is InChI=1S/C14H19F2NO2/c1-4-7-17-14(2,9-13(18)19-3)11-8-10(15)5-6-12(11)16/h5-6,8,17H,4,7,9H2,1-3H3. The van der Waals surface area contributed by atoms with Gasteiger partial charge in [-0.1, -0.05) is 6.92 Å². The minimum absolute atomic E-state index is 0.0656. The number of carbonyl (C=O) groups excluding carboxylic acids is 1. The molecule has 0 fully saturated rings. The second-order valence-electron chi connectivity index (χ2n) is 4.64.